The number of unbranched alkanes of at least 4 members (excludes halogenated alkanes) is 1. The molecule has 0 aliphatic carbocycles. The first-order chi connectivity index (χ1) is 10.1. The Bertz CT molecular complexity index is 687. The Morgan fingerprint density at radius 3 is 2.90 bits per heavy atom. The molecule has 0 spiro atoms. The number of aromatic amines is 2. The second-order valence-electron chi connectivity index (χ2n) is 4.63. The lowest BCUT2D eigenvalue weighted by Crippen LogP contribution is -2.34. The first-order valence-electron chi connectivity index (χ1n) is 6.84. The molecule has 0 bridgehead atoms. The molecule has 2 aromatic rings. The van der Waals surface area contributed by atoms with Crippen molar-refractivity contribution in [3.63, 3.8) is 0 Å². The van der Waals surface area contributed by atoms with Gasteiger partial charge < -0.3 is 11.1 Å². The van der Waals surface area contributed by atoms with Gasteiger partial charge in [0, 0.05) is 19.5 Å². The van der Waals surface area contributed by atoms with Crippen molar-refractivity contribution in [1.29, 1.82) is 0 Å². The topological polar surface area (TPSA) is 134 Å². The largest absolute Gasteiger partial charge is 0.383 e. The number of H-pyrrole nitrogens is 2. The minimum absolute atomic E-state index is 0.162. The van der Waals surface area contributed by atoms with Crippen LogP contribution in [0.5, 0.6) is 0 Å². The summed E-state index contributed by atoms with van der Waals surface area (Å²) >= 11 is 0. The molecule has 5 N–H and O–H groups in total. The third-order valence-electron chi connectivity index (χ3n) is 3.10. The molecule has 9 nitrogen and oxygen atoms in total. The molecule has 114 valence electrons. The van der Waals surface area contributed by atoms with Crippen LogP contribution in [0.2, 0.25) is 0 Å². The van der Waals surface area contributed by atoms with E-state index in [0.717, 1.165) is 12.8 Å². The monoisotopic (exact) mass is 293 g/mol. The summed E-state index contributed by atoms with van der Waals surface area (Å²) in [5, 5.41) is 9.42. The predicted molar refractivity (Wildman–Crippen MR) is 79.2 cm³/mol. The first-order valence-corrected chi connectivity index (χ1v) is 6.84. The molecule has 9 heteroatoms. The number of hydrogen-bond donors (Lipinski definition) is 4. The van der Waals surface area contributed by atoms with Gasteiger partial charge >= 0.3 is 5.69 Å². The second-order valence-corrected chi connectivity index (χ2v) is 4.63. The maximum atomic E-state index is 11.8. The van der Waals surface area contributed by atoms with Crippen LogP contribution in [0.4, 0.5) is 11.5 Å². The van der Waals surface area contributed by atoms with E-state index < -0.39 is 11.2 Å². The number of nitrogens with one attached hydrogen (secondary N) is 3. The average Bonchev–Trinajstić information content (AvgIpc) is 2.95. The molecule has 2 aromatic heterocycles. The fourth-order valence-electron chi connectivity index (χ4n) is 1.95. The van der Waals surface area contributed by atoms with Gasteiger partial charge in [0.1, 0.15) is 23.7 Å². The van der Waals surface area contributed by atoms with Gasteiger partial charge in [-0.3, -0.25) is 19.4 Å². The van der Waals surface area contributed by atoms with Crippen molar-refractivity contribution in [2.75, 3.05) is 17.6 Å². The van der Waals surface area contributed by atoms with Gasteiger partial charge in [-0.2, -0.15) is 5.10 Å². The standard InChI is InChI=1S/C12H19N7O2/c1-2-3-6-19-10(13)9(11(20)17-12(19)21)14-5-4-8-15-7-16-18-8/h7,14H,2-6,13H2,1H3,(H,15,16,18)(H,17,20,21). The molecule has 2 rings (SSSR count). The summed E-state index contributed by atoms with van der Waals surface area (Å²) in [6.07, 6.45) is 3.72. The Labute approximate surface area is 120 Å². The molecule has 0 aliphatic rings. The smallest absolute Gasteiger partial charge is 0.330 e. The van der Waals surface area contributed by atoms with E-state index in [2.05, 4.69) is 25.5 Å². The van der Waals surface area contributed by atoms with Crippen molar-refractivity contribution < 1.29 is 0 Å². The molecule has 0 amide bonds. The Kier molecular flexibility index (Phi) is 4.75. The Balaban J connectivity index is 2.14. The summed E-state index contributed by atoms with van der Waals surface area (Å²) in [5.74, 6) is 0.867. The molecule has 0 fully saturated rings. The minimum Gasteiger partial charge on any atom is -0.383 e. The van der Waals surface area contributed by atoms with E-state index in [1.165, 1.54) is 10.9 Å². The lowest BCUT2D eigenvalue weighted by molar-refractivity contribution is 0.605. The van der Waals surface area contributed by atoms with Gasteiger partial charge in [0.2, 0.25) is 0 Å². The van der Waals surface area contributed by atoms with Gasteiger partial charge in [0.25, 0.3) is 5.56 Å². The molecular weight excluding hydrogens is 274 g/mol. The van der Waals surface area contributed by atoms with Crippen molar-refractivity contribution in [2.24, 2.45) is 0 Å². The quantitative estimate of drug-likeness (QED) is 0.553. The van der Waals surface area contributed by atoms with Crippen molar-refractivity contribution in [2.45, 2.75) is 32.7 Å². The van der Waals surface area contributed by atoms with E-state index in [0.29, 0.717) is 25.3 Å². The highest BCUT2D eigenvalue weighted by Crippen LogP contribution is 2.10. The molecule has 21 heavy (non-hydrogen) atoms. The summed E-state index contributed by atoms with van der Waals surface area (Å²) in [5.41, 5.74) is 5.15. The van der Waals surface area contributed by atoms with Gasteiger partial charge in [0.05, 0.1) is 0 Å². The predicted octanol–water partition coefficient (Wildman–Crippen LogP) is -0.308. The normalized spacial score (nSPS) is 10.7. The molecule has 0 saturated heterocycles. The molecular formula is C12H19N7O2. The maximum absolute atomic E-state index is 11.8. The summed E-state index contributed by atoms with van der Waals surface area (Å²) in [4.78, 5) is 29.8. The van der Waals surface area contributed by atoms with E-state index in [9.17, 15) is 9.59 Å². The van der Waals surface area contributed by atoms with Crippen LogP contribution in [0.15, 0.2) is 15.9 Å². The van der Waals surface area contributed by atoms with Crippen LogP contribution in [0.1, 0.15) is 25.6 Å². The molecule has 0 aromatic carbocycles. The van der Waals surface area contributed by atoms with Crippen LogP contribution < -0.4 is 22.3 Å². The van der Waals surface area contributed by atoms with Crippen LogP contribution >= 0.6 is 0 Å². The van der Waals surface area contributed by atoms with Gasteiger partial charge in [0.15, 0.2) is 0 Å². The van der Waals surface area contributed by atoms with Crippen molar-refractivity contribution >= 4 is 11.5 Å². The lowest BCUT2D eigenvalue weighted by atomic mass is 10.3. The maximum Gasteiger partial charge on any atom is 0.330 e. The second kappa shape index (κ2) is 6.73. The Morgan fingerprint density at radius 1 is 1.43 bits per heavy atom. The number of rotatable bonds is 7. The highest BCUT2D eigenvalue weighted by molar-refractivity contribution is 5.60. The highest BCUT2D eigenvalue weighted by Gasteiger charge is 2.11. The fraction of sp³-hybridized carbons (Fsp3) is 0.500. The zero-order valence-electron chi connectivity index (χ0n) is 11.8. The van der Waals surface area contributed by atoms with E-state index in [-0.39, 0.29) is 11.5 Å². The van der Waals surface area contributed by atoms with E-state index in [4.69, 9.17) is 5.73 Å². The van der Waals surface area contributed by atoms with Crippen LogP contribution in [0, 0.1) is 0 Å². The summed E-state index contributed by atoms with van der Waals surface area (Å²) < 4.78 is 1.38. The molecule has 0 unspecified atom stereocenters. The first kappa shape index (κ1) is 14.8. The van der Waals surface area contributed by atoms with Crippen molar-refractivity contribution in [3.05, 3.63) is 33.0 Å². The summed E-state index contributed by atoms with van der Waals surface area (Å²) in [6, 6.07) is 0. The van der Waals surface area contributed by atoms with Crippen molar-refractivity contribution in [3.8, 4) is 0 Å². The third kappa shape index (κ3) is 3.50. The van der Waals surface area contributed by atoms with Crippen LogP contribution in [-0.4, -0.2) is 31.3 Å². The molecule has 2 heterocycles. The number of nitrogens with two attached hydrogens (primary N) is 1. The van der Waals surface area contributed by atoms with Crippen LogP contribution in [0.3, 0.4) is 0 Å². The lowest BCUT2D eigenvalue weighted by Gasteiger charge is -2.13. The zero-order chi connectivity index (χ0) is 15.2. The molecule has 0 atom stereocenters. The van der Waals surface area contributed by atoms with E-state index >= 15 is 0 Å². The molecule has 0 saturated carbocycles. The summed E-state index contributed by atoms with van der Waals surface area (Å²) in [6.45, 7) is 2.95. The van der Waals surface area contributed by atoms with E-state index in [1.807, 2.05) is 6.92 Å². The highest BCUT2D eigenvalue weighted by atomic mass is 16.2. The zero-order valence-corrected chi connectivity index (χ0v) is 11.8. The summed E-state index contributed by atoms with van der Waals surface area (Å²) in [7, 11) is 0. The number of nitrogen functional groups attached to an aromatic ring is 1. The SMILES string of the molecule is CCCCn1c(N)c(NCCc2ncn[nH]2)c(=O)[nH]c1=O. The number of hydrogen-bond acceptors (Lipinski definition) is 6. The van der Waals surface area contributed by atoms with Crippen LogP contribution in [-0.2, 0) is 13.0 Å². The Hall–Kier alpha value is -2.58. The molecule has 0 aliphatic heterocycles. The number of nitrogens with zero attached hydrogens (tertiary/aromatic N) is 3. The Morgan fingerprint density at radius 2 is 2.24 bits per heavy atom. The van der Waals surface area contributed by atoms with Gasteiger partial charge in [-0.25, -0.2) is 9.78 Å². The molecule has 0 radical (unpaired) electrons. The van der Waals surface area contributed by atoms with Gasteiger partial charge in [-0.1, -0.05) is 13.3 Å². The third-order valence-corrected chi connectivity index (χ3v) is 3.10. The van der Waals surface area contributed by atoms with Crippen LogP contribution in [0.25, 0.3) is 0 Å². The number of anilines is 2. The van der Waals surface area contributed by atoms with Gasteiger partial charge in [-0.15, -0.1) is 0 Å². The van der Waals surface area contributed by atoms with Gasteiger partial charge in [-0.05, 0) is 6.42 Å². The average molecular weight is 293 g/mol. The van der Waals surface area contributed by atoms with E-state index in [1.54, 1.807) is 0 Å². The van der Waals surface area contributed by atoms with Crippen molar-refractivity contribution in [1.82, 2.24) is 24.7 Å². The number of aromatic nitrogens is 5. The fourth-order valence-corrected chi connectivity index (χ4v) is 1.95. The minimum atomic E-state index is -0.511.